The van der Waals surface area contributed by atoms with Crippen molar-refractivity contribution >= 4 is 11.7 Å². The van der Waals surface area contributed by atoms with Crippen molar-refractivity contribution in [2.75, 3.05) is 44.3 Å². The van der Waals surface area contributed by atoms with Gasteiger partial charge in [0.15, 0.2) is 5.82 Å². The quantitative estimate of drug-likeness (QED) is 0.761. The number of carbonyl (C=O) groups is 1. The van der Waals surface area contributed by atoms with Crippen LogP contribution in [0.4, 0.5) is 5.82 Å². The lowest BCUT2D eigenvalue weighted by molar-refractivity contribution is -0.130. The van der Waals surface area contributed by atoms with Crippen LogP contribution in [0, 0.1) is 5.92 Å². The van der Waals surface area contributed by atoms with Crippen molar-refractivity contribution in [1.82, 2.24) is 14.9 Å². The van der Waals surface area contributed by atoms with Gasteiger partial charge in [0.25, 0.3) is 5.88 Å². The summed E-state index contributed by atoms with van der Waals surface area (Å²) in [6, 6.07) is 0. The first-order valence-corrected chi connectivity index (χ1v) is 10.4. The predicted molar refractivity (Wildman–Crippen MR) is 102 cm³/mol. The zero-order valence-corrected chi connectivity index (χ0v) is 16.0. The van der Waals surface area contributed by atoms with E-state index in [1.165, 1.54) is 25.7 Å². The molecule has 1 atom stereocenters. The molecule has 1 saturated carbocycles. The number of rotatable bonds is 6. The topological polar surface area (TPSA) is 67.8 Å². The molecule has 0 aromatic carbocycles. The summed E-state index contributed by atoms with van der Waals surface area (Å²) in [5, 5.41) is 0. The van der Waals surface area contributed by atoms with Crippen LogP contribution in [0.3, 0.4) is 0 Å². The number of nitrogens with zero attached hydrogens (tertiary/aromatic N) is 4. The highest BCUT2D eigenvalue weighted by molar-refractivity contribution is 5.76. The van der Waals surface area contributed by atoms with Crippen molar-refractivity contribution in [3.63, 3.8) is 0 Å². The summed E-state index contributed by atoms with van der Waals surface area (Å²) in [5.74, 6) is 2.40. The van der Waals surface area contributed by atoms with E-state index < -0.39 is 0 Å². The van der Waals surface area contributed by atoms with Gasteiger partial charge in [-0.3, -0.25) is 4.79 Å². The van der Waals surface area contributed by atoms with E-state index in [9.17, 15) is 4.79 Å². The van der Waals surface area contributed by atoms with E-state index >= 15 is 0 Å². The van der Waals surface area contributed by atoms with Gasteiger partial charge in [-0.05, 0) is 12.3 Å². The molecule has 0 N–H and O–H groups in total. The second-order valence-corrected chi connectivity index (χ2v) is 7.84. The van der Waals surface area contributed by atoms with Crippen LogP contribution >= 0.6 is 0 Å². The van der Waals surface area contributed by atoms with Crippen LogP contribution in [0.1, 0.15) is 44.9 Å². The third-order valence-electron chi connectivity index (χ3n) is 5.97. The molecule has 4 rings (SSSR count). The van der Waals surface area contributed by atoms with E-state index in [2.05, 4.69) is 14.9 Å². The zero-order chi connectivity index (χ0) is 18.5. The maximum atomic E-state index is 12.5. The minimum Gasteiger partial charge on any atom is -0.470 e. The van der Waals surface area contributed by atoms with Crippen LogP contribution in [0.2, 0.25) is 0 Å². The van der Waals surface area contributed by atoms with Gasteiger partial charge in [-0.15, -0.1) is 0 Å². The molecule has 1 amide bonds. The van der Waals surface area contributed by atoms with Gasteiger partial charge in [-0.2, -0.15) is 0 Å². The van der Waals surface area contributed by atoms with Gasteiger partial charge < -0.3 is 19.3 Å². The predicted octanol–water partition coefficient (Wildman–Crippen LogP) is 2.26. The molecule has 7 heteroatoms. The summed E-state index contributed by atoms with van der Waals surface area (Å²) >= 11 is 0. The summed E-state index contributed by atoms with van der Waals surface area (Å²) in [5.41, 5.74) is 0. The summed E-state index contributed by atoms with van der Waals surface area (Å²) < 4.78 is 11.6. The number of likely N-dealkylation sites (tertiary alicyclic amines) is 1. The molecule has 1 aliphatic carbocycles. The molecule has 0 spiro atoms. The van der Waals surface area contributed by atoms with Gasteiger partial charge in [0.1, 0.15) is 6.10 Å². The Morgan fingerprint density at radius 1 is 1.11 bits per heavy atom. The minimum atomic E-state index is -0.00285. The normalized spacial score (nSPS) is 23.8. The average Bonchev–Trinajstić information content (AvgIpc) is 3.39. The average molecular weight is 374 g/mol. The van der Waals surface area contributed by atoms with Crippen LogP contribution in [-0.2, 0) is 9.53 Å². The summed E-state index contributed by atoms with van der Waals surface area (Å²) in [4.78, 5) is 25.5. The first-order chi connectivity index (χ1) is 13.3. The fourth-order valence-electron chi connectivity index (χ4n) is 4.39. The first-order valence-electron chi connectivity index (χ1n) is 10.4. The van der Waals surface area contributed by atoms with Crippen LogP contribution in [0.25, 0.3) is 0 Å². The van der Waals surface area contributed by atoms with Gasteiger partial charge in [-0.25, -0.2) is 9.97 Å². The number of morpholine rings is 1. The van der Waals surface area contributed by atoms with E-state index in [1.807, 2.05) is 4.90 Å². The van der Waals surface area contributed by atoms with E-state index in [0.29, 0.717) is 32.1 Å². The van der Waals surface area contributed by atoms with E-state index in [1.54, 1.807) is 12.4 Å². The van der Waals surface area contributed by atoms with Crippen molar-refractivity contribution in [3.05, 3.63) is 12.4 Å². The Kier molecular flexibility index (Phi) is 6.07. The standard InChI is InChI=1S/C20H30N4O3/c25-18(6-5-16-3-1-2-4-16)24-10-7-17(15-24)27-20-19(21-8-9-22-20)23-11-13-26-14-12-23/h8-9,16-17H,1-7,10-15H2. The van der Waals surface area contributed by atoms with Crippen molar-refractivity contribution in [2.45, 2.75) is 51.0 Å². The molecular formula is C20H30N4O3. The molecule has 1 aromatic heterocycles. The molecule has 1 aromatic rings. The Hall–Kier alpha value is -1.89. The molecule has 2 saturated heterocycles. The highest BCUT2D eigenvalue weighted by atomic mass is 16.5. The van der Waals surface area contributed by atoms with Gasteiger partial charge in [-0.1, -0.05) is 25.7 Å². The van der Waals surface area contributed by atoms with E-state index in [4.69, 9.17) is 9.47 Å². The first kappa shape index (κ1) is 18.5. The third-order valence-corrected chi connectivity index (χ3v) is 5.97. The maximum Gasteiger partial charge on any atom is 0.257 e. The largest absolute Gasteiger partial charge is 0.470 e. The summed E-state index contributed by atoms with van der Waals surface area (Å²) in [6.45, 7) is 4.42. The Morgan fingerprint density at radius 2 is 1.89 bits per heavy atom. The molecule has 3 aliphatic rings. The smallest absolute Gasteiger partial charge is 0.257 e. The van der Waals surface area contributed by atoms with Crippen molar-refractivity contribution in [1.29, 1.82) is 0 Å². The Morgan fingerprint density at radius 3 is 2.70 bits per heavy atom. The lowest BCUT2D eigenvalue weighted by Crippen LogP contribution is -2.37. The molecule has 0 bridgehead atoms. The number of hydrogen-bond donors (Lipinski definition) is 0. The zero-order valence-electron chi connectivity index (χ0n) is 16.0. The lowest BCUT2D eigenvalue weighted by atomic mass is 10.0. The van der Waals surface area contributed by atoms with Gasteiger partial charge in [0, 0.05) is 44.9 Å². The van der Waals surface area contributed by atoms with E-state index in [-0.39, 0.29) is 12.0 Å². The van der Waals surface area contributed by atoms with Gasteiger partial charge in [0.2, 0.25) is 5.91 Å². The number of hydrogen-bond acceptors (Lipinski definition) is 6. The molecule has 7 nitrogen and oxygen atoms in total. The highest BCUT2D eigenvalue weighted by Gasteiger charge is 2.30. The monoisotopic (exact) mass is 374 g/mol. The molecular weight excluding hydrogens is 344 g/mol. The van der Waals surface area contributed by atoms with Gasteiger partial charge in [0.05, 0.1) is 19.8 Å². The second kappa shape index (κ2) is 8.87. The number of anilines is 1. The number of ether oxygens (including phenoxy) is 2. The fraction of sp³-hybridized carbons (Fsp3) is 0.750. The van der Waals surface area contributed by atoms with Crippen LogP contribution in [0.5, 0.6) is 5.88 Å². The number of amides is 1. The second-order valence-electron chi connectivity index (χ2n) is 7.84. The lowest BCUT2D eigenvalue weighted by Gasteiger charge is -2.29. The Bertz CT molecular complexity index is 629. The SMILES string of the molecule is O=C(CCC1CCCC1)N1CCC(Oc2nccnc2N2CCOCC2)C1. The maximum absolute atomic E-state index is 12.5. The molecule has 148 valence electrons. The Labute approximate surface area is 161 Å². The molecule has 2 aliphatic heterocycles. The van der Waals surface area contributed by atoms with E-state index in [0.717, 1.165) is 44.2 Å². The minimum absolute atomic E-state index is 0.00285. The molecule has 27 heavy (non-hydrogen) atoms. The Balaban J connectivity index is 1.30. The van der Waals surface area contributed by atoms with Crippen LogP contribution in [0.15, 0.2) is 12.4 Å². The molecule has 3 heterocycles. The van der Waals surface area contributed by atoms with Gasteiger partial charge >= 0.3 is 0 Å². The van der Waals surface area contributed by atoms with Crippen LogP contribution in [-0.4, -0.2) is 66.3 Å². The van der Waals surface area contributed by atoms with Crippen molar-refractivity contribution < 1.29 is 14.3 Å². The summed E-state index contributed by atoms with van der Waals surface area (Å²) in [7, 11) is 0. The summed E-state index contributed by atoms with van der Waals surface area (Å²) in [6.07, 6.45) is 11.2. The third kappa shape index (κ3) is 4.69. The number of aromatic nitrogens is 2. The van der Waals surface area contributed by atoms with Crippen molar-refractivity contribution in [3.8, 4) is 5.88 Å². The highest BCUT2D eigenvalue weighted by Crippen LogP contribution is 2.30. The molecule has 0 radical (unpaired) electrons. The fourth-order valence-corrected chi connectivity index (χ4v) is 4.39. The number of carbonyl (C=O) groups excluding carboxylic acids is 1. The molecule has 1 unspecified atom stereocenters. The van der Waals surface area contributed by atoms with Crippen molar-refractivity contribution in [2.24, 2.45) is 5.92 Å². The molecule has 3 fully saturated rings. The van der Waals surface area contributed by atoms with Crippen LogP contribution < -0.4 is 9.64 Å².